The molecule has 0 saturated carbocycles. The van der Waals surface area contributed by atoms with Gasteiger partial charge in [-0.25, -0.2) is 4.98 Å². The molecule has 4 nitrogen and oxygen atoms in total. The minimum absolute atomic E-state index is 0.0611. The highest BCUT2D eigenvalue weighted by molar-refractivity contribution is 5.78. The first-order chi connectivity index (χ1) is 10.3. The SMILES string of the molecule is Cc1oc(-c2ccccc2)nc1CC(=O)N(C)CC(C)(C)C. The summed E-state index contributed by atoms with van der Waals surface area (Å²) >= 11 is 0. The van der Waals surface area contributed by atoms with E-state index in [1.807, 2.05) is 44.3 Å². The lowest BCUT2D eigenvalue weighted by Crippen LogP contribution is -2.35. The van der Waals surface area contributed by atoms with Crippen LogP contribution in [0.25, 0.3) is 11.5 Å². The Hall–Kier alpha value is -2.10. The molecule has 0 bridgehead atoms. The summed E-state index contributed by atoms with van der Waals surface area (Å²) in [5, 5.41) is 0. The van der Waals surface area contributed by atoms with Gasteiger partial charge < -0.3 is 9.32 Å². The van der Waals surface area contributed by atoms with Crippen LogP contribution in [0.2, 0.25) is 0 Å². The summed E-state index contributed by atoms with van der Waals surface area (Å²) in [5.74, 6) is 1.33. The van der Waals surface area contributed by atoms with Crippen LogP contribution in [0.15, 0.2) is 34.7 Å². The number of benzene rings is 1. The highest BCUT2D eigenvalue weighted by Crippen LogP contribution is 2.22. The molecule has 0 atom stereocenters. The zero-order valence-corrected chi connectivity index (χ0v) is 14.0. The van der Waals surface area contributed by atoms with Crippen molar-refractivity contribution < 1.29 is 9.21 Å². The molecule has 0 aliphatic heterocycles. The number of carbonyl (C=O) groups excluding carboxylic acids is 1. The average Bonchev–Trinajstić information content (AvgIpc) is 2.79. The van der Waals surface area contributed by atoms with Crippen molar-refractivity contribution in [1.82, 2.24) is 9.88 Å². The fraction of sp³-hybridized carbons (Fsp3) is 0.444. The summed E-state index contributed by atoms with van der Waals surface area (Å²) < 4.78 is 5.70. The van der Waals surface area contributed by atoms with Crippen LogP contribution in [0.3, 0.4) is 0 Å². The Morgan fingerprint density at radius 3 is 2.45 bits per heavy atom. The minimum Gasteiger partial charge on any atom is -0.441 e. The van der Waals surface area contributed by atoms with Crippen molar-refractivity contribution in [1.29, 1.82) is 0 Å². The van der Waals surface area contributed by atoms with Gasteiger partial charge in [0.25, 0.3) is 0 Å². The molecule has 1 amide bonds. The Morgan fingerprint density at radius 1 is 1.23 bits per heavy atom. The van der Waals surface area contributed by atoms with Crippen molar-refractivity contribution in [2.45, 2.75) is 34.1 Å². The van der Waals surface area contributed by atoms with Gasteiger partial charge in [-0.3, -0.25) is 4.79 Å². The maximum Gasteiger partial charge on any atom is 0.228 e. The van der Waals surface area contributed by atoms with E-state index in [0.29, 0.717) is 23.9 Å². The lowest BCUT2D eigenvalue weighted by Gasteiger charge is -2.26. The lowest BCUT2D eigenvalue weighted by atomic mass is 9.96. The molecule has 4 heteroatoms. The van der Waals surface area contributed by atoms with Crippen molar-refractivity contribution >= 4 is 5.91 Å². The highest BCUT2D eigenvalue weighted by Gasteiger charge is 2.20. The molecule has 2 rings (SSSR count). The van der Waals surface area contributed by atoms with Gasteiger partial charge in [0.2, 0.25) is 11.8 Å². The number of likely N-dealkylation sites (N-methyl/N-ethyl adjacent to an activating group) is 1. The number of hydrogen-bond acceptors (Lipinski definition) is 3. The Bertz CT molecular complexity index is 639. The second-order valence-corrected chi connectivity index (χ2v) is 6.88. The zero-order chi connectivity index (χ0) is 16.3. The molecular formula is C18H24N2O2. The molecule has 0 aliphatic carbocycles. The lowest BCUT2D eigenvalue weighted by molar-refractivity contribution is -0.130. The van der Waals surface area contributed by atoms with Crippen LogP contribution in [-0.2, 0) is 11.2 Å². The molecule has 118 valence electrons. The van der Waals surface area contributed by atoms with Crippen LogP contribution in [0, 0.1) is 12.3 Å². The summed E-state index contributed by atoms with van der Waals surface area (Å²) in [6, 6.07) is 9.73. The van der Waals surface area contributed by atoms with Gasteiger partial charge in [0, 0.05) is 19.2 Å². The number of hydrogen-bond donors (Lipinski definition) is 0. The smallest absolute Gasteiger partial charge is 0.228 e. The third kappa shape index (κ3) is 4.20. The summed E-state index contributed by atoms with van der Waals surface area (Å²) in [6.45, 7) is 8.92. The second kappa shape index (κ2) is 6.34. The van der Waals surface area contributed by atoms with Crippen LogP contribution in [0.4, 0.5) is 0 Å². The topological polar surface area (TPSA) is 46.3 Å². The van der Waals surface area contributed by atoms with E-state index in [4.69, 9.17) is 4.42 Å². The van der Waals surface area contributed by atoms with E-state index in [2.05, 4.69) is 25.8 Å². The molecule has 22 heavy (non-hydrogen) atoms. The molecule has 1 aromatic heterocycles. The van der Waals surface area contributed by atoms with E-state index >= 15 is 0 Å². The number of carbonyl (C=O) groups is 1. The van der Waals surface area contributed by atoms with Crippen LogP contribution < -0.4 is 0 Å². The van der Waals surface area contributed by atoms with E-state index in [1.54, 1.807) is 4.90 Å². The predicted octanol–water partition coefficient (Wildman–Crippen LogP) is 3.70. The summed E-state index contributed by atoms with van der Waals surface area (Å²) in [6.07, 6.45) is 0.273. The number of rotatable bonds is 4. The van der Waals surface area contributed by atoms with Crippen molar-refractivity contribution in [2.24, 2.45) is 5.41 Å². The van der Waals surface area contributed by atoms with Gasteiger partial charge in [-0.1, -0.05) is 39.0 Å². The molecular weight excluding hydrogens is 276 g/mol. The van der Waals surface area contributed by atoms with Gasteiger partial charge in [-0.15, -0.1) is 0 Å². The summed E-state index contributed by atoms with van der Waals surface area (Å²) in [4.78, 5) is 18.6. The van der Waals surface area contributed by atoms with Gasteiger partial charge in [-0.05, 0) is 24.5 Å². The molecule has 1 heterocycles. The normalized spacial score (nSPS) is 11.5. The Labute approximate surface area is 132 Å². The summed E-state index contributed by atoms with van der Waals surface area (Å²) in [5.41, 5.74) is 1.72. The first-order valence-corrected chi connectivity index (χ1v) is 7.52. The monoisotopic (exact) mass is 300 g/mol. The maximum absolute atomic E-state index is 12.3. The molecule has 0 fully saturated rings. The molecule has 0 radical (unpaired) electrons. The van der Waals surface area contributed by atoms with Crippen LogP contribution in [0.1, 0.15) is 32.2 Å². The van der Waals surface area contributed by atoms with Crippen LogP contribution in [-0.4, -0.2) is 29.4 Å². The Morgan fingerprint density at radius 2 is 1.86 bits per heavy atom. The van der Waals surface area contributed by atoms with Crippen molar-refractivity contribution in [3.05, 3.63) is 41.8 Å². The molecule has 0 aliphatic rings. The van der Waals surface area contributed by atoms with E-state index in [0.717, 1.165) is 5.56 Å². The molecule has 1 aromatic carbocycles. The second-order valence-electron chi connectivity index (χ2n) is 6.88. The van der Waals surface area contributed by atoms with E-state index in [-0.39, 0.29) is 17.7 Å². The summed E-state index contributed by atoms with van der Waals surface area (Å²) in [7, 11) is 1.83. The van der Waals surface area contributed by atoms with Crippen LogP contribution >= 0.6 is 0 Å². The first-order valence-electron chi connectivity index (χ1n) is 7.52. The standard InChI is InChI=1S/C18H24N2O2/c1-13-15(11-16(21)20(5)12-18(2,3)4)19-17(22-13)14-9-7-6-8-10-14/h6-10H,11-12H2,1-5H3. The quantitative estimate of drug-likeness (QED) is 0.865. The first kappa shape index (κ1) is 16.3. The van der Waals surface area contributed by atoms with Gasteiger partial charge in [0.05, 0.1) is 12.1 Å². The number of aromatic nitrogens is 1. The molecule has 2 aromatic rings. The highest BCUT2D eigenvalue weighted by atomic mass is 16.4. The molecule has 0 N–H and O–H groups in total. The predicted molar refractivity (Wildman–Crippen MR) is 87.5 cm³/mol. The van der Waals surface area contributed by atoms with Gasteiger partial charge in [-0.2, -0.15) is 0 Å². The van der Waals surface area contributed by atoms with Crippen LogP contribution in [0.5, 0.6) is 0 Å². The zero-order valence-electron chi connectivity index (χ0n) is 14.0. The van der Waals surface area contributed by atoms with Crippen molar-refractivity contribution in [3.8, 4) is 11.5 Å². The van der Waals surface area contributed by atoms with E-state index in [9.17, 15) is 4.79 Å². The third-order valence-electron chi connectivity index (χ3n) is 3.37. The van der Waals surface area contributed by atoms with Gasteiger partial charge in [0.15, 0.2) is 0 Å². The Kier molecular flexibility index (Phi) is 4.69. The molecule has 0 saturated heterocycles. The van der Waals surface area contributed by atoms with Crippen molar-refractivity contribution in [2.75, 3.05) is 13.6 Å². The number of oxazole rings is 1. The number of amides is 1. The molecule has 0 spiro atoms. The average molecular weight is 300 g/mol. The van der Waals surface area contributed by atoms with E-state index < -0.39 is 0 Å². The molecule has 0 unspecified atom stereocenters. The van der Waals surface area contributed by atoms with Gasteiger partial charge in [0.1, 0.15) is 5.76 Å². The minimum atomic E-state index is 0.0611. The fourth-order valence-electron chi connectivity index (χ4n) is 2.37. The largest absolute Gasteiger partial charge is 0.441 e. The third-order valence-corrected chi connectivity index (χ3v) is 3.37. The Balaban J connectivity index is 2.11. The van der Waals surface area contributed by atoms with E-state index in [1.165, 1.54) is 0 Å². The van der Waals surface area contributed by atoms with Crippen molar-refractivity contribution in [3.63, 3.8) is 0 Å². The number of aryl methyl sites for hydroxylation is 1. The fourth-order valence-corrected chi connectivity index (χ4v) is 2.37. The van der Waals surface area contributed by atoms with Gasteiger partial charge >= 0.3 is 0 Å². The maximum atomic E-state index is 12.3. The number of nitrogens with zero attached hydrogens (tertiary/aromatic N) is 2.